The summed E-state index contributed by atoms with van der Waals surface area (Å²) in [6.07, 6.45) is -0.521. The Morgan fingerprint density at radius 3 is 2.68 bits per heavy atom. The smallest absolute Gasteiger partial charge is 0.252 e. The third-order valence-electron chi connectivity index (χ3n) is 3.58. The normalized spacial score (nSPS) is 20.4. The van der Waals surface area contributed by atoms with Crippen LogP contribution in [0.15, 0.2) is 14.7 Å². The average Bonchev–Trinajstić information content (AvgIpc) is 3.06. The van der Waals surface area contributed by atoms with Crippen LogP contribution in [0.3, 0.4) is 0 Å². The number of sulfonamides is 1. The molecule has 0 bridgehead atoms. The Morgan fingerprint density at radius 2 is 2.09 bits per heavy atom. The fourth-order valence-electron chi connectivity index (χ4n) is 2.23. The molecule has 3 rings (SSSR count). The Kier molecular flexibility index (Phi) is 4.06. The monoisotopic (exact) mass is 343 g/mol. The number of ether oxygens (including phenoxy) is 1. The number of morpholine rings is 1. The quantitative estimate of drug-likeness (QED) is 0.845. The van der Waals surface area contributed by atoms with Gasteiger partial charge < -0.3 is 9.15 Å². The van der Waals surface area contributed by atoms with Crippen molar-refractivity contribution < 1.29 is 17.6 Å². The molecule has 0 aliphatic carbocycles. The molecule has 2 aromatic heterocycles. The average molecular weight is 343 g/mol. The van der Waals surface area contributed by atoms with Crippen molar-refractivity contribution in [2.45, 2.75) is 31.1 Å². The van der Waals surface area contributed by atoms with Crippen molar-refractivity contribution in [1.82, 2.24) is 14.5 Å². The van der Waals surface area contributed by atoms with Crippen LogP contribution in [-0.2, 0) is 14.8 Å². The van der Waals surface area contributed by atoms with Gasteiger partial charge in [-0.1, -0.05) is 0 Å². The van der Waals surface area contributed by atoms with Crippen molar-refractivity contribution >= 4 is 21.4 Å². The van der Waals surface area contributed by atoms with E-state index in [1.807, 2.05) is 13.8 Å². The highest BCUT2D eigenvalue weighted by molar-refractivity contribution is 7.91. The summed E-state index contributed by atoms with van der Waals surface area (Å²) in [4.78, 5) is 1.01. The maximum atomic E-state index is 12.7. The molecule has 0 amide bonds. The molecule has 1 atom stereocenters. The van der Waals surface area contributed by atoms with Crippen LogP contribution in [0.4, 0.5) is 0 Å². The molecule has 0 radical (unpaired) electrons. The lowest BCUT2D eigenvalue weighted by molar-refractivity contribution is -0.0176. The number of nitrogens with zero attached hydrogens (tertiary/aromatic N) is 3. The van der Waals surface area contributed by atoms with Crippen LogP contribution < -0.4 is 0 Å². The molecule has 22 heavy (non-hydrogen) atoms. The van der Waals surface area contributed by atoms with Crippen molar-refractivity contribution in [2.24, 2.45) is 0 Å². The van der Waals surface area contributed by atoms with Gasteiger partial charge in [0.2, 0.25) is 11.8 Å². The van der Waals surface area contributed by atoms with Crippen LogP contribution in [0.25, 0.3) is 0 Å². The third-order valence-corrected chi connectivity index (χ3v) is 7.05. The molecule has 2 aromatic rings. The summed E-state index contributed by atoms with van der Waals surface area (Å²) >= 11 is 1.29. The summed E-state index contributed by atoms with van der Waals surface area (Å²) in [5.41, 5.74) is 0.987. The highest BCUT2D eigenvalue weighted by Crippen LogP contribution is 2.30. The lowest BCUT2D eigenvalue weighted by Crippen LogP contribution is -2.42. The third kappa shape index (κ3) is 2.81. The van der Waals surface area contributed by atoms with Gasteiger partial charge in [-0.3, -0.25) is 0 Å². The molecule has 9 heteroatoms. The van der Waals surface area contributed by atoms with Crippen LogP contribution in [0, 0.1) is 20.8 Å². The zero-order valence-electron chi connectivity index (χ0n) is 12.6. The molecule has 0 N–H and O–H groups in total. The second-order valence-corrected chi connectivity index (χ2v) is 8.61. The first-order chi connectivity index (χ1) is 10.4. The first-order valence-electron chi connectivity index (χ1n) is 6.86. The first-order valence-corrected chi connectivity index (χ1v) is 9.12. The molecule has 7 nitrogen and oxygen atoms in total. The van der Waals surface area contributed by atoms with E-state index in [0.29, 0.717) is 29.1 Å². The molecule has 3 heterocycles. The van der Waals surface area contributed by atoms with Crippen LogP contribution >= 0.6 is 11.3 Å². The maximum Gasteiger partial charge on any atom is 0.252 e. The number of aromatic nitrogens is 2. The van der Waals surface area contributed by atoms with Crippen molar-refractivity contribution in [2.75, 3.05) is 19.7 Å². The Morgan fingerprint density at radius 1 is 1.32 bits per heavy atom. The van der Waals surface area contributed by atoms with E-state index in [2.05, 4.69) is 10.2 Å². The summed E-state index contributed by atoms with van der Waals surface area (Å²) in [6.45, 7) is 6.32. The number of thiophene rings is 1. The van der Waals surface area contributed by atoms with E-state index < -0.39 is 16.1 Å². The molecule has 1 aliphatic heterocycles. The number of aryl methyl sites for hydroxylation is 3. The second kappa shape index (κ2) is 5.73. The Hall–Kier alpha value is -1.29. The molecular weight excluding hydrogens is 326 g/mol. The standard InChI is InChI=1S/C13H17N3O4S2/c1-8-6-12(21-9(8)2)22(17,18)16-4-5-19-11(7-16)13-15-14-10(3)20-13/h6,11H,4-5,7H2,1-3H3. The van der Waals surface area contributed by atoms with Gasteiger partial charge in [-0.25, -0.2) is 8.42 Å². The van der Waals surface area contributed by atoms with E-state index in [-0.39, 0.29) is 6.54 Å². The van der Waals surface area contributed by atoms with Crippen molar-refractivity contribution in [1.29, 1.82) is 0 Å². The molecule has 1 aliphatic rings. The highest BCUT2D eigenvalue weighted by Gasteiger charge is 2.34. The molecule has 1 fully saturated rings. The van der Waals surface area contributed by atoms with Crippen molar-refractivity contribution in [3.8, 4) is 0 Å². The first kappa shape index (κ1) is 15.6. The molecule has 1 unspecified atom stereocenters. The van der Waals surface area contributed by atoms with Gasteiger partial charge >= 0.3 is 0 Å². The van der Waals surface area contributed by atoms with Crippen molar-refractivity contribution in [3.05, 3.63) is 28.3 Å². The zero-order valence-corrected chi connectivity index (χ0v) is 14.2. The highest BCUT2D eigenvalue weighted by atomic mass is 32.2. The summed E-state index contributed by atoms with van der Waals surface area (Å²) in [5.74, 6) is 0.749. The van der Waals surface area contributed by atoms with Crippen LogP contribution in [0.5, 0.6) is 0 Å². The van der Waals surface area contributed by atoms with E-state index in [4.69, 9.17) is 9.15 Å². The second-order valence-electron chi connectivity index (χ2n) is 5.19. The SMILES string of the molecule is Cc1nnc(C2CN(S(=O)(=O)c3cc(C)c(C)s3)CCO2)o1. The van der Waals surface area contributed by atoms with Crippen LogP contribution in [0.2, 0.25) is 0 Å². The van der Waals surface area contributed by atoms with E-state index in [1.165, 1.54) is 15.6 Å². The van der Waals surface area contributed by atoms with E-state index in [1.54, 1.807) is 13.0 Å². The maximum absolute atomic E-state index is 12.7. The molecule has 1 saturated heterocycles. The van der Waals surface area contributed by atoms with Gasteiger partial charge in [0, 0.05) is 24.9 Å². The fourth-order valence-corrected chi connectivity index (χ4v) is 5.33. The van der Waals surface area contributed by atoms with Crippen LogP contribution in [-0.4, -0.2) is 42.6 Å². The Bertz CT molecular complexity index is 762. The Balaban J connectivity index is 1.84. The molecule has 0 aromatic carbocycles. The topological polar surface area (TPSA) is 85.5 Å². The van der Waals surface area contributed by atoms with Crippen LogP contribution in [0.1, 0.15) is 28.3 Å². The summed E-state index contributed by atoms with van der Waals surface area (Å²) < 4.78 is 38.2. The zero-order chi connectivity index (χ0) is 15.9. The summed E-state index contributed by atoms with van der Waals surface area (Å²) in [6, 6.07) is 1.72. The van der Waals surface area contributed by atoms with Gasteiger partial charge in [-0.15, -0.1) is 21.5 Å². The molecule has 0 saturated carbocycles. The summed E-state index contributed by atoms with van der Waals surface area (Å²) in [7, 11) is -3.52. The number of hydrogen-bond donors (Lipinski definition) is 0. The predicted octanol–water partition coefficient (Wildman–Crippen LogP) is 1.82. The van der Waals surface area contributed by atoms with Crippen molar-refractivity contribution in [3.63, 3.8) is 0 Å². The largest absolute Gasteiger partial charge is 0.423 e. The number of hydrogen-bond acceptors (Lipinski definition) is 7. The van der Waals surface area contributed by atoms with Gasteiger partial charge in [0.1, 0.15) is 10.3 Å². The minimum absolute atomic E-state index is 0.181. The minimum Gasteiger partial charge on any atom is -0.423 e. The van der Waals surface area contributed by atoms with Gasteiger partial charge in [-0.05, 0) is 25.5 Å². The van der Waals surface area contributed by atoms with Gasteiger partial charge in [0.05, 0.1) is 6.61 Å². The predicted molar refractivity (Wildman–Crippen MR) is 80.3 cm³/mol. The molecule has 120 valence electrons. The van der Waals surface area contributed by atoms with E-state index >= 15 is 0 Å². The van der Waals surface area contributed by atoms with Gasteiger partial charge in [-0.2, -0.15) is 4.31 Å². The van der Waals surface area contributed by atoms with E-state index in [9.17, 15) is 8.42 Å². The number of rotatable bonds is 3. The lowest BCUT2D eigenvalue weighted by atomic mass is 10.3. The lowest BCUT2D eigenvalue weighted by Gasteiger charge is -2.29. The van der Waals surface area contributed by atoms with E-state index in [0.717, 1.165) is 10.4 Å². The minimum atomic E-state index is -3.52. The fraction of sp³-hybridized carbons (Fsp3) is 0.538. The van der Waals surface area contributed by atoms with Gasteiger partial charge in [0.25, 0.3) is 10.0 Å². The molecule has 0 spiro atoms. The van der Waals surface area contributed by atoms with Gasteiger partial charge in [0.15, 0.2) is 0 Å². The molecular formula is C13H17N3O4S2. The Labute approximate surface area is 133 Å². The summed E-state index contributed by atoms with van der Waals surface area (Å²) in [5, 5.41) is 7.68.